The van der Waals surface area contributed by atoms with E-state index in [9.17, 15) is 44.3 Å². The third kappa shape index (κ3) is 8.45. The number of hydrogen-bond donors (Lipinski definition) is 1. The minimum atomic E-state index is -5.06. The van der Waals surface area contributed by atoms with Gasteiger partial charge < -0.3 is 14.8 Å². The van der Waals surface area contributed by atoms with Gasteiger partial charge in [0.1, 0.15) is 11.5 Å². The second kappa shape index (κ2) is 12.5. The Morgan fingerprint density at radius 3 is 1.55 bits per heavy atom. The van der Waals surface area contributed by atoms with Crippen LogP contribution in [0.4, 0.5) is 39.5 Å². The van der Waals surface area contributed by atoms with E-state index in [4.69, 9.17) is 0 Å². The van der Waals surface area contributed by atoms with Gasteiger partial charge in [-0.1, -0.05) is 54.6 Å². The van der Waals surface area contributed by atoms with Crippen LogP contribution in [0.5, 0.6) is 11.5 Å². The van der Waals surface area contributed by atoms with Gasteiger partial charge in [0.05, 0.1) is 5.56 Å². The molecule has 13 heteroatoms. The minimum absolute atomic E-state index is 0.0495. The van der Waals surface area contributed by atoms with Crippen LogP contribution in [0.1, 0.15) is 32.6 Å². The maximum atomic E-state index is 13.1. The van der Waals surface area contributed by atoms with Crippen molar-refractivity contribution in [1.82, 2.24) is 5.32 Å². The second-order valence-corrected chi connectivity index (χ2v) is 9.65. The number of hydrogen-bond acceptors (Lipinski definition) is 3. The Balaban J connectivity index is 1.84. The van der Waals surface area contributed by atoms with Crippen LogP contribution in [-0.2, 0) is 18.0 Å². The number of rotatable bonds is 9. The molecule has 0 spiro atoms. The van der Waals surface area contributed by atoms with Crippen LogP contribution in [0.2, 0.25) is 0 Å². The molecule has 44 heavy (non-hydrogen) atoms. The van der Waals surface area contributed by atoms with Gasteiger partial charge >= 0.3 is 18.9 Å². The molecule has 0 saturated heterocycles. The monoisotopic (exact) mass is 627 g/mol. The fourth-order valence-corrected chi connectivity index (χ4v) is 4.71. The van der Waals surface area contributed by atoms with E-state index in [2.05, 4.69) is 14.8 Å². The van der Waals surface area contributed by atoms with Gasteiger partial charge in [0.2, 0.25) is 0 Å². The van der Waals surface area contributed by atoms with Gasteiger partial charge in [-0.2, -0.15) is 13.2 Å². The summed E-state index contributed by atoms with van der Waals surface area (Å²) in [6.07, 6.45) is -14.8. The van der Waals surface area contributed by atoms with Crippen molar-refractivity contribution in [3.8, 4) is 11.5 Å². The lowest BCUT2D eigenvalue weighted by atomic mass is 9.70. The Bertz CT molecular complexity index is 1510. The first-order valence-corrected chi connectivity index (χ1v) is 12.8. The molecule has 232 valence electrons. The Morgan fingerprint density at radius 1 is 0.591 bits per heavy atom. The van der Waals surface area contributed by atoms with Crippen molar-refractivity contribution >= 4 is 5.91 Å². The first-order chi connectivity index (χ1) is 20.5. The Hall–Kier alpha value is -4.68. The number of nitrogens with one attached hydrogen (secondary N) is 1. The zero-order valence-electron chi connectivity index (χ0n) is 22.4. The zero-order chi connectivity index (χ0) is 32.2. The predicted molar refractivity (Wildman–Crippen MR) is 141 cm³/mol. The van der Waals surface area contributed by atoms with Gasteiger partial charge in [-0.25, -0.2) is 0 Å². The summed E-state index contributed by atoms with van der Waals surface area (Å²) >= 11 is 0. The standard InChI is InChI=1S/C31H22F9NO3/c32-29(33,34)22-14-12-21(13-15-22)27(42)41-19-28(18-20-6-2-1-3-7-20,23-8-4-10-25(16-23)43-30(35,36)37)24-9-5-11-26(17-24)44-31(38,39)40/h1-17H,18-19H2,(H,41,42). The smallest absolute Gasteiger partial charge is 0.406 e. The van der Waals surface area contributed by atoms with Crippen LogP contribution < -0.4 is 14.8 Å². The normalized spacial score (nSPS) is 12.5. The third-order valence-electron chi connectivity index (χ3n) is 6.61. The topological polar surface area (TPSA) is 47.6 Å². The molecular weight excluding hydrogens is 605 g/mol. The number of benzene rings is 4. The molecule has 0 heterocycles. The van der Waals surface area contributed by atoms with Crippen LogP contribution in [-0.4, -0.2) is 25.2 Å². The van der Waals surface area contributed by atoms with E-state index >= 15 is 0 Å². The van der Waals surface area contributed by atoms with Crippen molar-refractivity contribution < 1.29 is 53.8 Å². The van der Waals surface area contributed by atoms with Crippen LogP contribution >= 0.6 is 0 Å². The molecule has 0 saturated carbocycles. The molecule has 1 amide bonds. The zero-order valence-corrected chi connectivity index (χ0v) is 22.4. The highest BCUT2D eigenvalue weighted by Gasteiger charge is 2.39. The molecule has 0 bridgehead atoms. The van der Waals surface area contributed by atoms with Gasteiger partial charge in [0.25, 0.3) is 5.91 Å². The van der Waals surface area contributed by atoms with E-state index in [1.54, 1.807) is 30.3 Å². The molecule has 0 aliphatic carbocycles. The summed E-state index contributed by atoms with van der Waals surface area (Å²) in [5, 5.41) is 2.60. The minimum Gasteiger partial charge on any atom is -0.406 e. The maximum Gasteiger partial charge on any atom is 0.573 e. The van der Waals surface area contributed by atoms with Gasteiger partial charge in [-0.05, 0) is 71.6 Å². The summed E-state index contributed by atoms with van der Waals surface area (Å²) in [4.78, 5) is 13.1. The number of carbonyl (C=O) groups is 1. The molecular formula is C31H22F9NO3. The van der Waals surface area contributed by atoms with E-state index in [1.807, 2.05) is 0 Å². The van der Waals surface area contributed by atoms with Crippen molar-refractivity contribution in [2.75, 3.05) is 6.54 Å². The summed E-state index contributed by atoms with van der Waals surface area (Å²) in [5.41, 5.74) is -1.84. The molecule has 4 nitrogen and oxygen atoms in total. The van der Waals surface area contributed by atoms with Gasteiger partial charge in [0.15, 0.2) is 0 Å². The highest BCUT2D eigenvalue weighted by Crippen LogP contribution is 2.40. The van der Waals surface area contributed by atoms with E-state index < -0.39 is 53.8 Å². The summed E-state index contributed by atoms with van der Waals surface area (Å²) in [5.74, 6) is -2.07. The van der Waals surface area contributed by atoms with Crippen molar-refractivity contribution in [3.05, 3.63) is 131 Å². The lowest BCUT2D eigenvalue weighted by Crippen LogP contribution is -2.43. The first-order valence-electron chi connectivity index (χ1n) is 12.8. The SMILES string of the molecule is O=C(NCC(Cc1ccccc1)(c1cccc(OC(F)(F)F)c1)c1cccc(OC(F)(F)F)c1)c1ccc(C(F)(F)F)cc1. The third-order valence-corrected chi connectivity index (χ3v) is 6.61. The maximum absolute atomic E-state index is 13.1. The Labute approximate surface area is 245 Å². The number of halogens is 9. The summed E-state index contributed by atoms with van der Waals surface area (Å²) in [7, 11) is 0. The van der Waals surface area contributed by atoms with Crippen molar-refractivity contribution in [1.29, 1.82) is 0 Å². The number of amides is 1. The number of carbonyl (C=O) groups excluding carboxylic acids is 1. The second-order valence-electron chi connectivity index (χ2n) is 9.65. The van der Waals surface area contributed by atoms with Gasteiger partial charge in [-0.15, -0.1) is 26.3 Å². The number of alkyl halides is 9. The lowest BCUT2D eigenvalue weighted by Gasteiger charge is -2.36. The van der Waals surface area contributed by atoms with E-state index in [0.29, 0.717) is 17.7 Å². The Kier molecular flexibility index (Phi) is 9.17. The predicted octanol–water partition coefficient (Wildman–Crippen LogP) is 8.46. The van der Waals surface area contributed by atoms with Crippen molar-refractivity contribution in [2.45, 2.75) is 30.7 Å². The summed E-state index contributed by atoms with van der Waals surface area (Å²) in [6.45, 7) is -0.410. The fraction of sp³-hybridized carbons (Fsp3) is 0.194. The summed E-state index contributed by atoms with van der Waals surface area (Å²) < 4.78 is 126. The summed E-state index contributed by atoms with van der Waals surface area (Å²) in [6, 6.07) is 21.3. The molecule has 0 atom stereocenters. The molecule has 0 unspecified atom stereocenters. The van der Waals surface area contributed by atoms with Gasteiger partial charge in [0, 0.05) is 17.5 Å². The molecule has 1 N–H and O–H groups in total. The molecule has 4 aromatic rings. The average molecular weight is 628 g/mol. The molecule has 4 rings (SSSR count). The van der Waals surface area contributed by atoms with Crippen molar-refractivity contribution in [2.24, 2.45) is 0 Å². The van der Waals surface area contributed by atoms with Crippen LogP contribution in [0.25, 0.3) is 0 Å². The van der Waals surface area contributed by atoms with Crippen LogP contribution in [0.3, 0.4) is 0 Å². The highest BCUT2D eigenvalue weighted by atomic mass is 19.4. The van der Waals surface area contributed by atoms with Crippen LogP contribution in [0, 0.1) is 0 Å². The molecule has 0 fully saturated rings. The quantitative estimate of drug-likeness (QED) is 0.190. The lowest BCUT2D eigenvalue weighted by molar-refractivity contribution is -0.275. The molecule has 0 radical (unpaired) electrons. The number of ether oxygens (including phenoxy) is 2. The first kappa shape index (κ1) is 32.2. The van der Waals surface area contributed by atoms with E-state index in [0.717, 1.165) is 36.4 Å². The highest BCUT2D eigenvalue weighted by molar-refractivity contribution is 5.94. The van der Waals surface area contributed by atoms with E-state index in [1.165, 1.54) is 24.3 Å². The fourth-order valence-electron chi connectivity index (χ4n) is 4.71. The molecule has 0 aliphatic rings. The van der Waals surface area contributed by atoms with E-state index in [-0.39, 0.29) is 23.1 Å². The molecule has 0 aromatic heterocycles. The molecule has 0 aliphatic heterocycles. The average Bonchev–Trinajstić information content (AvgIpc) is 2.94. The van der Waals surface area contributed by atoms with Gasteiger partial charge in [-0.3, -0.25) is 4.79 Å². The molecule has 4 aromatic carbocycles. The largest absolute Gasteiger partial charge is 0.573 e. The Morgan fingerprint density at radius 2 is 1.09 bits per heavy atom. The van der Waals surface area contributed by atoms with Crippen molar-refractivity contribution in [3.63, 3.8) is 0 Å². The van der Waals surface area contributed by atoms with Crippen LogP contribution in [0.15, 0.2) is 103 Å².